The first-order chi connectivity index (χ1) is 7.40. The molecule has 0 heterocycles. The Labute approximate surface area is 105 Å². The third kappa shape index (κ3) is 3.36. The molecule has 0 aliphatic rings. The summed E-state index contributed by atoms with van der Waals surface area (Å²) in [5.74, 6) is -0.0678. The van der Waals surface area contributed by atoms with E-state index in [4.69, 9.17) is 35.3 Å². The van der Waals surface area contributed by atoms with Crippen molar-refractivity contribution >= 4 is 40.6 Å². The summed E-state index contributed by atoms with van der Waals surface area (Å²) in [6.45, 7) is 3.86. The predicted octanol–water partition coefficient (Wildman–Crippen LogP) is 1.93. The van der Waals surface area contributed by atoms with E-state index < -0.39 is 0 Å². The predicted molar refractivity (Wildman–Crippen MR) is 73.0 cm³/mol. The molecule has 4 nitrogen and oxygen atoms in total. The van der Waals surface area contributed by atoms with Gasteiger partial charge in [0.1, 0.15) is 0 Å². The average molecular weight is 257 g/mol. The standard InChI is InChI=1S/C10H13ClN4S/c1-5-3-7(11)4-6(2)8(5)14-10(16)15-9(12)13/h3-4H,1-2H3,(H5,12,13,14,15,16). The van der Waals surface area contributed by atoms with Gasteiger partial charge in [-0.2, -0.15) is 4.99 Å². The van der Waals surface area contributed by atoms with E-state index in [0.717, 1.165) is 16.8 Å². The average Bonchev–Trinajstić information content (AvgIpc) is 2.09. The largest absolute Gasteiger partial charge is 0.370 e. The smallest absolute Gasteiger partial charge is 0.200 e. The van der Waals surface area contributed by atoms with Crippen LogP contribution in [0.5, 0.6) is 0 Å². The first-order valence-electron chi connectivity index (χ1n) is 4.57. The zero-order chi connectivity index (χ0) is 12.3. The molecule has 0 aliphatic carbocycles. The van der Waals surface area contributed by atoms with E-state index in [0.29, 0.717) is 5.02 Å². The fraction of sp³-hybridized carbons (Fsp3) is 0.200. The molecule has 1 aromatic rings. The Hall–Kier alpha value is -1.33. The molecular weight excluding hydrogens is 244 g/mol. The van der Waals surface area contributed by atoms with Crippen molar-refractivity contribution in [3.8, 4) is 0 Å². The highest BCUT2D eigenvalue weighted by Gasteiger charge is 2.05. The number of hydrogen-bond donors (Lipinski definition) is 3. The summed E-state index contributed by atoms with van der Waals surface area (Å²) >= 11 is 10.9. The van der Waals surface area contributed by atoms with Crippen molar-refractivity contribution < 1.29 is 0 Å². The molecule has 0 spiro atoms. The molecule has 0 aliphatic heterocycles. The molecule has 16 heavy (non-hydrogen) atoms. The van der Waals surface area contributed by atoms with Crippen molar-refractivity contribution in [2.75, 3.05) is 5.32 Å². The number of hydrogen-bond acceptors (Lipinski definition) is 1. The summed E-state index contributed by atoms with van der Waals surface area (Å²) in [5, 5.41) is 3.88. The van der Waals surface area contributed by atoms with Crippen LogP contribution >= 0.6 is 23.8 Å². The second kappa shape index (κ2) is 5.14. The molecule has 5 N–H and O–H groups in total. The fourth-order valence-corrected chi connectivity index (χ4v) is 1.89. The maximum absolute atomic E-state index is 5.91. The highest BCUT2D eigenvalue weighted by atomic mass is 35.5. The minimum atomic E-state index is -0.0678. The number of guanidine groups is 1. The van der Waals surface area contributed by atoms with Crippen LogP contribution < -0.4 is 16.8 Å². The Bertz CT molecular complexity index is 429. The molecule has 0 aromatic heterocycles. The molecule has 1 aromatic carbocycles. The number of aliphatic imine (C=N–C) groups is 1. The number of halogens is 1. The van der Waals surface area contributed by atoms with Gasteiger partial charge in [-0.25, -0.2) is 0 Å². The summed E-state index contributed by atoms with van der Waals surface area (Å²) in [5.41, 5.74) is 13.3. The molecular formula is C10H13ClN4S. The molecule has 0 fully saturated rings. The first kappa shape index (κ1) is 12.7. The summed E-state index contributed by atoms with van der Waals surface area (Å²) in [6, 6.07) is 3.68. The topological polar surface area (TPSA) is 76.4 Å². The van der Waals surface area contributed by atoms with Crippen molar-refractivity contribution in [2.45, 2.75) is 13.8 Å². The lowest BCUT2D eigenvalue weighted by Gasteiger charge is -2.11. The minimum Gasteiger partial charge on any atom is -0.370 e. The van der Waals surface area contributed by atoms with Crippen LogP contribution in [0.3, 0.4) is 0 Å². The molecule has 0 unspecified atom stereocenters. The lowest BCUT2D eigenvalue weighted by molar-refractivity contribution is 1.37. The summed E-state index contributed by atoms with van der Waals surface area (Å²) in [4.78, 5) is 3.74. The highest BCUT2D eigenvalue weighted by Crippen LogP contribution is 2.24. The van der Waals surface area contributed by atoms with Gasteiger partial charge < -0.3 is 16.8 Å². The maximum atomic E-state index is 5.91. The number of thiocarbonyl (C=S) groups is 1. The van der Waals surface area contributed by atoms with Crippen LogP contribution in [-0.4, -0.2) is 11.1 Å². The zero-order valence-electron chi connectivity index (χ0n) is 9.04. The van der Waals surface area contributed by atoms with Crippen molar-refractivity contribution in [3.63, 3.8) is 0 Å². The number of benzene rings is 1. The monoisotopic (exact) mass is 256 g/mol. The number of aryl methyl sites for hydroxylation is 2. The van der Waals surface area contributed by atoms with Crippen LogP contribution in [0.15, 0.2) is 17.1 Å². The van der Waals surface area contributed by atoms with Crippen molar-refractivity contribution in [1.82, 2.24) is 0 Å². The van der Waals surface area contributed by atoms with Gasteiger partial charge in [0.15, 0.2) is 5.96 Å². The van der Waals surface area contributed by atoms with E-state index in [1.807, 2.05) is 26.0 Å². The van der Waals surface area contributed by atoms with Gasteiger partial charge in [0.05, 0.1) is 0 Å². The Morgan fingerprint density at radius 3 is 2.25 bits per heavy atom. The number of anilines is 1. The van der Waals surface area contributed by atoms with E-state index >= 15 is 0 Å². The van der Waals surface area contributed by atoms with Crippen molar-refractivity contribution in [1.29, 1.82) is 0 Å². The van der Waals surface area contributed by atoms with Gasteiger partial charge in [0, 0.05) is 10.7 Å². The Kier molecular flexibility index (Phi) is 4.09. The van der Waals surface area contributed by atoms with Gasteiger partial charge in [0.25, 0.3) is 0 Å². The molecule has 0 saturated heterocycles. The summed E-state index contributed by atoms with van der Waals surface area (Å²) in [7, 11) is 0. The molecule has 0 bridgehead atoms. The second-order valence-corrected chi connectivity index (χ2v) is 4.20. The van der Waals surface area contributed by atoms with Gasteiger partial charge in [-0.3, -0.25) is 0 Å². The minimum absolute atomic E-state index is 0.0678. The molecule has 0 saturated carbocycles. The van der Waals surface area contributed by atoms with Crippen LogP contribution in [0.4, 0.5) is 5.69 Å². The van der Waals surface area contributed by atoms with Gasteiger partial charge in [0.2, 0.25) is 5.11 Å². The molecule has 0 radical (unpaired) electrons. The van der Waals surface area contributed by atoms with E-state index in [2.05, 4.69) is 10.3 Å². The van der Waals surface area contributed by atoms with Crippen LogP contribution in [0.1, 0.15) is 11.1 Å². The second-order valence-electron chi connectivity index (χ2n) is 3.38. The van der Waals surface area contributed by atoms with Crippen LogP contribution in [0, 0.1) is 13.8 Å². The van der Waals surface area contributed by atoms with Crippen LogP contribution in [-0.2, 0) is 0 Å². The Morgan fingerprint density at radius 1 is 1.31 bits per heavy atom. The summed E-state index contributed by atoms with van der Waals surface area (Å²) in [6.07, 6.45) is 0. The maximum Gasteiger partial charge on any atom is 0.200 e. The number of nitrogens with one attached hydrogen (secondary N) is 1. The number of nitrogens with zero attached hydrogens (tertiary/aromatic N) is 1. The zero-order valence-corrected chi connectivity index (χ0v) is 10.6. The number of rotatable bonds is 1. The van der Waals surface area contributed by atoms with Crippen molar-refractivity contribution in [3.05, 3.63) is 28.3 Å². The molecule has 86 valence electrons. The normalized spacial score (nSPS) is 9.69. The molecule has 0 atom stereocenters. The third-order valence-corrected chi connectivity index (χ3v) is 2.37. The van der Waals surface area contributed by atoms with Gasteiger partial charge in [-0.1, -0.05) is 11.6 Å². The Balaban J connectivity index is 2.98. The number of nitrogens with two attached hydrogens (primary N) is 2. The van der Waals surface area contributed by atoms with Gasteiger partial charge in [-0.15, -0.1) is 0 Å². The van der Waals surface area contributed by atoms with Crippen molar-refractivity contribution in [2.24, 2.45) is 16.5 Å². The van der Waals surface area contributed by atoms with E-state index in [1.54, 1.807) is 0 Å². The highest BCUT2D eigenvalue weighted by molar-refractivity contribution is 7.80. The first-order valence-corrected chi connectivity index (χ1v) is 5.36. The fourth-order valence-electron chi connectivity index (χ4n) is 1.36. The molecule has 1 rings (SSSR count). The third-order valence-electron chi connectivity index (χ3n) is 1.96. The van der Waals surface area contributed by atoms with Gasteiger partial charge in [-0.05, 0) is 49.3 Å². The lowest BCUT2D eigenvalue weighted by atomic mass is 10.1. The van der Waals surface area contributed by atoms with Crippen LogP contribution in [0.2, 0.25) is 5.02 Å². The quantitative estimate of drug-likeness (QED) is 0.408. The van der Waals surface area contributed by atoms with E-state index in [-0.39, 0.29) is 11.1 Å². The Morgan fingerprint density at radius 2 is 1.81 bits per heavy atom. The van der Waals surface area contributed by atoms with E-state index in [1.165, 1.54) is 0 Å². The summed E-state index contributed by atoms with van der Waals surface area (Å²) < 4.78 is 0. The SMILES string of the molecule is Cc1cc(Cl)cc(C)c1NC(=S)N=C(N)N. The molecule has 6 heteroatoms. The van der Waals surface area contributed by atoms with E-state index in [9.17, 15) is 0 Å². The van der Waals surface area contributed by atoms with Gasteiger partial charge >= 0.3 is 0 Å². The lowest BCUT2D eigenvalue weighted by Crippen LogP contribution is -2.25. The molecule has 0 amide bonds. The van der Waals surface area contributed by atoms with Crippen LogP contribution in [0.25, 0.3) is 0 Å².